The molecule has 0 radical (unpaired) electrons. The molecule has 21 heavy (non-hydrogen) atoms. The predicted octanol–water partition coefficient (Wildman–Crippen LogP) is 2.50. The molecule has 0 fully saturated rings. The third kappa shape index (κ3) is 3.15. The number of terminal acetylenes is 1. The topological polar surface area (TPSA) is 72.2 Å². The zero-order valence-corrected chi connectivity index (χ0v) is 12.0. The summed E-state index contributed by atoms with van der Waals surface area (Å²) >= 11 is 0. The summed E-state index contributed by atoms with van der Waals surface area (Å²) in [4.78, 5) is -0.241. The summed E-state index contributed by atoms with van der Waals surface area (Å²) in [7, 11) is -3.94. The molecule has 0 saturated carbocycles. The Labute approximate surface area is 122 Å². The highest BCUT2D eigenvalue weighted by atomic mass is 32.2. The van der Waals surface area contributed by atoms with Gasteiger partial charge in [0.25, 0.3) is 10.0 Å². The van der Waals surface area contributed by atoms with Crippen LogP contribution in [-0.2, 0) is 10.0 Å². The Morgan fingerprint density at radius 3 is 2.62 bits per heavy atom. The number of hydrogen-bond acceptors (Lipinski definition) is 3. The van der Waals surface area contributed by atoms with Gasteiger partial charge in [-0.15, -0.1) is 6.42 Å². The van der Waals surface area contributed by atoms with Crippen molar-refractivity contribution in [2.45, 2.75) is 11.8 Å². The second-order valence-corrected chi connectivity index (χ2v) is 6.13. The third-order valence-corrected chi connectivity index (χ3v) is 4.31. The van der Waals surface area contributed by atoms with Gasteiger partial charge in [0, 0.05) is 16.8 Å². The van der Waals surface area contributed by atoms with E-state index in [4.69, 9.17) is 12.2 Å². The van der Waals surface area contributed by atoms with Crippen LogP contribution < -0.4 is 10.5 Å². The lowest BCUT2D eigenvalue weighted by Gasteiger charge is -2.10. The van der Waals surface area contributed by atoms with Crippen molar-refractivity contribution in [3.8, 4) is 12.3 Å². The number of nitrogens with two attached hydrogens (primary N) is 1. The number of hydrogen-bond donors (Lipinski definition) is 2. The molecule has 0 saturated heterocycles. The lowest BCUT2D eigenvalue weighted by molar-refractivity contribution is 0.593. The molecule has 0 heterocycles. The molecule has 0 spiro atoms. The minimum absolute atomic E-state index is 0.0766. The average Bonchev–Trinajstić information content (AvgIpc) is 2.44. The van der Waals surface area contributed by atoms with Crippen LogP contribution in [0.4, 0.5) is 15.8 Å². The lowest BCUT2D eigenvalue weighted by atomic mass is 10.2. The van der Waals surface area contributed by atoms with Crippen molar-refractivity contribution < 1.29 is 12.8 Å². The molecule has 0 atom stereocenters. The zero-order valence-electron chi connectivity index (χ0n) is 11.2. The Bertz CT molecular complexity index is 816. The number of nitrogens with one attached hydrogen (secondary N) is 1. The largest absolute Gasteiger partial charge is 0.398 e. The Morgan fingerprint density at radius 2 is 2.00 bits per heavy atom. The molecule has 6 heteroatoms. The smallest absolute Gasteiger partial charge is 0.262 e. The van der Waals surface area contributed by atoms with Gasteiger partial charge in [-0.3, -0.25) is 4.72 Å². The van der Waals surface area contributed by atoms with Crippen LogP contribution in [0.25, 0.3) is 0 Å². The predicted molar refractivity (Wildman–Crippen MR) is 80.7 cm³/mol. The van der Waals surface area contributed by atoms with Gasteiger partial charge in [0.1, 0.15) is 5.82 Å². The Kier molecular flexibility index (Phi) is 3.87. The van der Waals surface area contributed by atoms with Crippen LogP contribution in [0.2, 0.25) is 0 Å². The van der Waals surface area contributed by atoms with Gasteiger partial charge in [-0.1, -0.05) is 12.0 Å². The van der Waals surface area contributed by atoms with E-state index in [1.165, 1.54) is 19.1 Å². The highest BCUT2D eigenvalue weighted by Gasteiger charge is 2.17. The van der Waals surface area contributed by atoms with E-state index in [1.54, 1.807) is 18.2 Å². The molecule has 0 bridgehead atoms. The quantitative estimate of drug-likeness (QED) is 0.676. The van der Waals surface area contributed by atoms with Crippen LogP contribution in [0.15, 0.2) is 41.3 Å². The van der Waals surface area contributed by atoms with Gasteiger partial charge >= 0.3 is 0 Å². The van der Waals surface area contributed by atoms with Crippen molar-refractivity contribution in [3.63, 3.8) is 0 Å². The van der Waals surface area contributed by atoms with Crippen LogP contribution >= 0.6 is 0 Å². The third-order valence-electron chi connectivity index (χ3n) is 2.95. The van der Waals surface area contributed by atoms with E-state index in [0.29, 0.717) is 11.3 Å². The number of rotatable bonds is 3. The molecule has 108 valence electrons. The van der Waals surface area contributed by atoms with Crippen LogP contribution in [-0.4, -0.2) is 8.42 Å². The van der Waals surface area contributed by atoms with E-state index < -0.39 is 15.8 Å². The molecule has 4 nitrogen and oxygen atoms in total. The van der Waals surface area contributed by atoms with E-state index in [2.05, 4.69) is 10.6 Å². The van der Waals surface area contributed by atoms with Gasteiger partial charge in [0.05, 0.1) is 10.6 Å². The molecule has 0 amide bonds. The van der Waals surface area contributed by atoms with Gasteiger partial charge < -0.3 is 5.73 Å². The van der Waals surface area contributed by atoms with Gasteiger partial charge in [-0.25, -0.2) is 12.8 Å². The average molecular weight is 304 g/mol. The minimum Gasteiger partial charge on any atom is -0.398 e. The minimum atomic E-state index is -3.94. The molecular weight excluding hydrogens is 291 g/mol. The second-order valence-electron chi connectivity index (χ2n) is 4.45. The zero-order chi connectivity index (χ0) is 15.6. The Morgan fingerprint density at radius 1 is 1.29 bits per heavy atom. The van der Waals surface area contributed by atoms with E-state index in [9.17, 15) is 12.8 Å². The maximum atomic E-state index is 13.6. The van der Waals surface area contributed by atoms with Gasteiger partial charge in [0.15, 0.2) is 0 Å². The number of nitrogen functional groups attached to an aromatic ring is 1. The summed E-state index contributed by atoms with van der Waals surface area (Å²) in [5, 5.41) is 0. The van der Waals surface area contributed by atoms with Gasteiger partial charge in [-0.05, 0) is 37.3 Å². The molecule has 2 aromatic carbocycles. The van der Waals surface area contributed by atoms with Crippen LogP contribution in [0, 0.1) is 25.1 Å². The molecule has 0 aliphatic rings. The molecule has 2 rings (SSSR count). The first-order chi connectivity index (χ1) is 9.83. The number of halogens is 1. The van der Waals surface area contributed by atoms with Crippen molar-refractivity contribution >= 4 is 21.4 Å². The molecule has 3 N–H and O–H groups in total. The standard InChI is InChI=1S/C15H13FN2O2S/c1-3-11-5-4-6-12(7-11)18-21(19,20)13-8-14(16)10(2)15(17)9-13/h1,4-9,18H,17H2,2H3. The van der Waals surface area contributed by atoms with E-state index in [-0.39, 0.29) is 16.1 Å². The van der Waals surface area contributed by atoms with E-state index >= 15 is 0 Å². The molecular formula is C15H13FN2O2S. The maximum Gasteiger partial charge on any atom is 0.262 e. The van der Waals surface area contributed by atoms with Gasteiger partial charge in [0.2, 0.25) is 0 Å². The fourth-order valence-corrected chi connectivity index (χ4v) is 2.81. The van der Waals surface area contributed by atoms with Crippen molar-refractivity contribution in [1.82, 2.24) is 0 Å². The first-order valence-corrected chi connectivity index (χ1v) is 7.47. The molecule has 2 aromatic rings. The van der Waals surface area contributed by atoms with Crippen LogP contribution in [0.5, 0.6) is 0 Å². The first kappa shape index (κ1) is 14.9. The fourth-order valence-electron chi connectivity index (χ4n) is 1.72. The number of benzene rings is 2. The molecule has 0 unspecified atom stereocenters. The van der Waals surface area contributed by atoms with Crippen molar-refractivity contribution in [2.75, 3.05) is 10.5 Å². The highest BCUT2D eigenvalue weighted by molar-refractivity contribution is 7.92. The summed E-state index contributed by atoms with van der Waals surface area (Å²) in [6.07, 6.45) is 5.26. The highest BCUT2D eigenvalue weighted by Crippen LogP contribution is 2.23. The van der Waals surface area contributed by atoms with E-state index in [0.717, 1.165) is 6.07 Å². The summed E-state index contributed by atoms with van der Waals surface area (Å²) in [5.74, 6) is 1.73. The molecule has 0 aliphatic heterocycles. The van der Waals surface area contributed by atoms with E-state index in [1.807, 2.05) is 0 Å². The summed E-state index contributed by atoms with van der Waals surface area (Å²) < 4.78 is 40.4. The van der Waals surface area contributed by atoms with Crippen LogP contribution in [0.1, 0.15) is 11.1 Å². The Hall–Kier alpha value is -2.52. The number of sulfonamides is 1. The first-order valence-electron chi connectivity index (χ1n) is 5.98. The maximum absolute atomic E-state index is 13.6. The fraction of sp³-hybridized carbons (Fsp3) is 0.0667. The summed E-state index contributed by atoms with van der Waals surface area (Å²) in [6, 6.07) is 8.49. The lowest BCUT2D eigenvalue weighted by Crippen LogP contribution is -2.14. The molecule has 0 aromatic heterocycles. The SMILES string of the molecule is C#Cc1cccc(NS(=O)(=O)c2cc(N)c(C)c(F)c2)c1. The summed E-state index contributed by atoms with van der Waals surface area (Å²) in [5.41, 5.74) is 6.71. The Balaban J connectivity index is 2.41. The summed E-state index contributed by atoms with van der Waals surface area (Å²) in [6.45, 7) is 1.48. The van der Waals surface area contributed by atoms with Crippen molar-refractivity contribution in [3.05, 3.63) is 53.3 Å². The van der Waals surface area contributed by atoms with Crippen molar-refractivity contribution in [2.24, 2.45) is 0 Å². The normalized spacial score (nSPS) is 10.9. The van der Waals surface area contributed by atoms with Crippen LogP contribution in [0.3, 0.4) is 0 Å². The number of anilines is 2. The van der Waals surface area contributed by atoms with Crippen molar-refractivity contribution in [1.29, 1.82) is 0 Å². The second kappa shape index (κ2) is 5.46. The van der Waals surface area contributed by atoms with Gasteiger partial charge in [-0.2, -0.15) is 0 Å². The monoisotopic (exact) mass is 304 g/mol. The molecule has 0 aliphatic carbocycles.